The summed E-state index contributed by atoms with van der Waals surface area (Å²) in [5, 5.41) is 37.6. The SMILES string of the molecule is NCC(c1ccc(O)c(O)c1)c1ccc(O)c(O)c1. The summed E-state index contributed by atoms with van der Waals surface area (Å²) in [6.07, 6.45) is 0. The van der Waals surface area contributed by atoms with Crippen LogP contribution in [0.15, 0.2) is 36.4 Å². The zero-order valence-corrected chi connectivity index (χ0v) is 10.1. The molecule has 0 heterocycles. The quantitative estimate of drug-likeness (QED) is 0.539. The Morgan fingerprint density at radius 2 is 1.16 bits per heavy atom. The first kappa shape index (κ1) is 13.0. The van der Waals surface area contributed by atoms with E-state index in [4.69, 9.17) is 5.73 Å². The molecule has 2 rings (SSSR count). The molecule has 0 saturated heterocycles. The van der Waals surface area contributed by atoms with Crippen LogP contribution in [0.5, 0.6) is 23.0 Å². The van der Waals surface area contributed by atoms with E-state index in [1.807, 2.05) is 0 Å². The summed E-state index contributed by atoms with van der Waals surface area (Å²) < 4.78 is 0. The van der Waals surface area contributed by atoms with Crippen molar-refractivity contribution in [1.82, 2.24) is 0 Å². The number of rotatable bonds is 3. The van der Waals surface area contributed by atoms with Crippen molar-refractivity contribution in [2.75, 3.05) is 6.54 Å². The minimum absolute atomic E-state index is 0.201. The highest BCUT2D eigenvalue weighted by atomic mass is 16.3. The van der Waals surface area contributed by atoms with Crippen LogP contribution in [0, 0.1) is 0 Å². The highest BCUT2D eigenvalue weighted by Crippen LogP contribution is 2.34. The number of phenolic OH excluding ortho intramolecular Hbond substituents is 4. The number of phenols is 4. The van der Waals surface area contributed by atoms with Gasteiger partial charge in [0.2, 0.25) is 0 Å². The minimum atomic E-state index is -0.252. The molecule has 0 spiro atoms. The molecule has 19 heavy (non-hydrogen) atoms. The Kier molecular flexibility index (Phi) is 3.48. The summed E-state index contributed by atoms with van der Waals surface area (Å²) in [6.45, 7) is 0.258. The molecule has 5 nitrogen and oxygen atoms in total. The molecular formula is C14H15NO4. The van der Waals surface area contributed by atoms with Crippen LogP contribution >= 0.6 is 0 Å². The monoisotopic (exact) mass is 261 g/mol. The molecule has 0 aromatic heterocycles. The first-order chi connectivity index (χ1) is 9.02. The van der Waals surface area contributed by atoms with E-state index in [1.54, 1.807) is 12.1 Å². The molecule has 0 saturated carbocycles. The summed E-state index contributed by atoms with van der Waals surface area (Å²) in [5.74, 6) is -1.10. The molecule has 0 aliphatic heterocycles. The third kappa shape index (κ3) is 2.56. The van der Waals surface area contributed by atoms with Crippen LogP contribution in [0.4, 0.5) is 0 Å². The van der Waals surface area contributed by atoms with Gasteiger partial charge in [-0.2, -0.15) is 0 Å². The van der Waals surface area contributed by atoms with E-state index in [0.29, 0.717) is 11.1 Å². The smallest absolute Gasteiger partial charge is 0.157 e. The van der Waals surface area contributed by atoms with Crippen molar-refractivity contribution in [2.45, 2.75) is 5.92 Å². The second-order valence-electron chi connectivity index (χ2n) is 4.28. The Hall–Kier alpha value is -2.40. The first-order valence-corrected chi connectivity index (χ1v) is 5.76. The molecule has 2 aromatic carbocycles. The Bertz CT molecular complexity index is 546. The number of hydrogen-bond acceptors (Lipinski definition) is 5. The largest absolute Gasteiger partial charge is 0.504 e. The molecule has 0 radical (unpaired) electrons. The molecule has 0 fully saturated rings. The number of benzene rings is 2. The summed E-state index contributed by atoms with van der Waals surface area (Å²) in [6, 6.07) is 8.92. The van der Waals surface area contributed by atoms with Crippen LogP contribution in [0.2, 0.25) is 0 Å². The summed E-state index contributed by atoms with van der Waals surface area (Å²) in [5.41, 5.74) is 7.15. The molecule has 0 aliphatic carbocycles. The van der Waals surface area contributed by atoms with Crippen molar-refractivity contribution in [3.05, 3.63) is 47.5 Å². The predicted molar refractivity (Wildman–Crippen MR) is 70.4 cm³/mol. The van der Waals surface area contributed by atoms with Crippen LogP contribution in [-0.2, 0) is 0 Å². The lowest BCUT2D eigenvalue weighted by Crippen LogP contribution is -2.13. The van der Waals surface area contributed by atoms with Crippen LogP contribution in [-0.4, -0.2) is 27.0 Å². The zero-order chi connectivity index (χ0) is 14.0. The molecule has 6 N–H and O–H groups in total. The van der Waals surface area contributed by atoms with Gasteiger partial charge in [0.25, 0.3) is 0 Å². The van der Waals surface area contributed by atoms with Crippen LogP contribution < -0.4 is 5.73 Å². The highest BCUT2D eigenvalue weighted by Gasteiger charge is 2.15. The van der Waals surface area contributed by atoms with Gasteiger partial charge in [0, 0.05) is 12.5 Å². The van der Waals surface area contributed by atoms with E-state index in [-0.39, 0.29) is 35.5 Å². The Balaban J connectivity index is 2.43. The fraction of sp³-hybridized carbons (Fsp3) is 0.143. The second kappa shape index (κ2) is 5.07. The summed E-state index contributed by atoms with van der Waals surface area (Å²) in [4.78, 5) is 0. The fourth-order valence-corrected chi connectivity index (χ4v) is 1.98. The highest BCUT2D eigenvalue weighted by molar-refractivity contribution is 5.47. The molecule has 0 unspecified atom stereocenters. The summed E-state index contributed by atoms with van der Waals surface area (Å²) >= 11 is 0. The van der Waals surface area contributed by atoms with Gasteiger partial charge in [-0.3, -0.25) is 0 Å². The van der Waals surface area contributed by atoms with Crippen molar-refractivity contribution in [2.24, 2.45) is 5.73 Å². The lowest BCUT2D eigenvalue weighted by molar-refractivity contribution is 0.402. The molecule has 0 atom stereocenters. The third-order valence-electron chi connectivity index (χ3n) is 3.04. The van der Waals surface area contributed by atoms with E-state index in [2.05, 4.69) is 0 Å². The van der Waals surface area contributed by atoms with Crippen molar-refractivity contribution in [1.29, 1.82) is 0 Å². The normalized spacial score (nSPS) is 10.8. The van der Waals surface area contributed by atoms with Crippen LogP contribution in [0.1, 0.15) is 17.0 Å². The zero-order valence-electron chi connectivity index (χ0n) is 10.1. The topological polar surface area (TPSA) is 107 Å². The van der Waals surface area contributed by atoms with Gasteiger partial charge in [-0.25, -0.2) is 0 Å². The van der Waals surface area contributed by atoms with Crippen molar-refractivity contribution in [3.8, 4) is 23.0 Å². The number of aromatic hydroxyl groups is 4. The molecule has 100 valence electrons. The average molecular weight is 261 g/mol. The molecule has 0 bridgehead atoms. The molecule has 2 aromatic rings. The maximum absolute atomic E-state index is 9.51. The second-order valence-corrected chi connectivity index (χ2v) is 4.28. The van der Waals surface area contributed by atoms with Gasteiger partial charge in [0.1, 0.15) is 0 Å². The minimum Gasteiger partial charge on any atom is -0.504 e. The maximum Gasteiger partial charge on any atom is 0.157 e. The lowest BCUT2D eigenvalue weighted by atomic mass is 9.91. The lowest BCUT2D eigenvalue weighted by Gasteiger charge is -2.17. The van der Waals surface area contributed by atoms with E-state index in [9.17, 15) is 20.4 Å². The van der Waals surface area contributed by atoms with Gasteiger partial charge >= 0.3 is 0 Å². The Morgan fingerprint density at radius 1 is 0.737 bits per heavy atom. The predicted octanol–water partition coefficient (Wildman–Crippen LogP) is 1.60. The van der Waals surface area contributed by atoms with Gasteiger partial charge in [-0.15, -0.1) is 0 Å². The van der Waals surface area contributed by atoms with Gasteiger partial charge in [-0.05, 0) is 35.4 Å². The van der Waals surface area contributed by atoms with Crippen LogP contribution in [0.25, 0.3) is 0 Å². The van der Waals surface area contributed by atoms with Crippen molar-refractivity contribution >= 4 is 0 Å². The Labute approximate surface area is 110 Å². The Morgan fingerprint density at radius 3 is 1.47 bits per heavy atom. The molecule has 0 aliphatic rings. The molecular weight excluding hydrogens is 246 g/mol. The molecule has 5 heteroatoms. The maximum atomic E-state index is 9.51. The van der Waals surface area contributed by atoms with Gasteiger partial charge in [0.15, 0.2) is 23.0 Å². The van der Waals surface area contributed by atoms with E-state index in [0.717, 1.165) is 0 Å². The van der Waals surface area contributed by atoms with E-state index >= 15 is 0 Å². The van der Waals surface area contributed by atoms with Crippen molar-refractivity contribution < 1.29 is 20.4 Å². The summed E-state index contributed by atoms with van der Waals surface area (Å²) in [7, 11) is 0. The van der Waals surface area contributed by atoms with Gasteiger partial charge < -0.3 is 26.2 Å². The van der Waals surface area contributed by atoms with Crippen molar-refractivity contribution in [3.63, 3.8) is 0 Å². The van der Waals surface area contributed by atoms with Gasteiger partial charge in [-0.1, -0.05) is 12.1 Å². The van der Waals surface area contributed by atoms with E-state index < -0.39 is 0 Å². The van der Waals surface area contributed by atoms with Gasteiger partial charge in [0.05, 0.1) is 0 Å². The molecule has 0 amide bonds. The number of nitrogens with two attached hydrogens (primary N) is 1. The fourth-order valence-electron chi connectivity index (χ4n) is 1.98. The average Bonchev–Trinajstić information content (AvgIpc) is 2.39. The number of hydrogen-bond donors (Lipinski definition) is 5. The van der Waals surface area contributed by atoms with E-state index in [1.165, 1.54) is 24.3 Å². The first-order valence-electron chi connectivity index (χ1n) is 5.76. The third-order valence-corrected chi connectivity index (χ3v) is 3.04. The standard InChI is InChI=1S/C14H15NO4/c15-7-10(8-1-3-11(16)13(18)5-8)9-2-4-12(17)14(19)6-9/h1-6,10,16-19H,7,15H2. The van der Waals surface area contributed by atoms with Crippen LogP contribution in [0.3, 0.4) is 0 Å².